The number of aromatic amines is 1. The van der Waals surface area contributed by atoms with Crippen molar-refractivity contribution in [1.82, 2.24) is 4.90 Å². The van der Waals surface area contributed by atoms with Gasteiger partial charge in [-0.2, -0.15) is 0 Å². The minimum Gasteiger partial charge on any atom is -0.330 e. The Balaban J connectivity index is 1.47. The molecule has 0 aliphatic carbocycles. The highest BCUT2D eigenvalue weighted by atomic mass is 35.5. The summed E-state index contributed by atoms with van der Waals surface area (Å²) in [5.74, 6) is 1.33. The molecule has 1 aliphatic heterocycles. The number of piperazine rings is 1. The number of amides is 1. The Bertz CT molecular complexity index is 702. The number of quaternary nitrogens is 1. The summed E-state index contributed by atoms with van der Waals surface area (Å²) >= 11 is 6.03. The number of carbonyl (C=O) groups is 1. The van der Waals surface area contributed by atoms with E-state index in [1.165, 1.54) is 4.90 Å². The maximum absolute atomic E-state index is 12.6. The fourth-order valence-corrected chi connectivity index (χ4v) is 3.42. The Kier molecular flexibility index (Phi) is 5.89. The number of pyridine rings is 1. The number of halogens is 1. The molecule has 1 atom stereocenters. The topological polar surface area (TPSA) is 42.1 Å². The van der Waals surface area contributed by atoms with Crippen LogP contribution in [0.25, 0.3) is 0 Å². The van der Waals surface area contributed by atoms with Gasteiger partial charge in [0, 0.05) is 16.7 Å². The summed E-state index contributed by atoms with van der Waals surface area (Å²) < 4.78 is 0. The lowest BCUT2D eigenvalue weighted by Gasteiger charge is -2.31. The zero-order valence-electron chi connectivity index (χ0n) is 14.5. The fraction of sp³-hybridized carbons (Fsp3) is 0.368. The molecule has 0 radical (unpaired) electrons. The van der Waals surface area contributed by atoms with E-state index in [-0.39, 0.29) is 5.91 Å². The molecule has 1 amide bonds. The van der Waals surface area contributed by atoms with Crippen LogP contribution < -0.4 is 14.8 Å². The molecule has 0 bridgehead atoms. The molecule has 0 saturated carbocycles. The van der Waals surface area contributed by atoms with Crippen LogP contribution in [0.3, 0.4) is 0 Å². The van der Waals surface area contributed by atoms with E-state index in [9.17, 15) is 4.79 Å². The number of H-pyrrole nitrogens is 1. The van der Waals surface area contributed by atoms with Crippen molar-refractivity contribution in [3.05, 3.63) is 59.2 Å². The smallest absolute Gasteiger partial charge is 0.278 e. The van der Waals surface area contributed by atoms with Crippen LogP contribution in [-0.2, 0) is 11.3 Å². The minimum atomic E-state index is 0.219. The second-order valence-electron chi connectivity index (χ2n) is 6.56. The van der Waals surface area contributed by atoms with E-state index in [2.05, 4.69) is 22.0 Å². The molecule has 2 N–H and O–H groups in total. The largest absolute Gasteiger partial charge is 0.330 e. The predicted molar refractivity (Wildman–Crippen MR) is 98.7 cm³/mol. The van der Waals surface area contributed by atoms with Crippen molar-refractivity contribution >= 4 is 23.3 Å². The Labute approximate surface area is 153 Å². The average molecular weight is 361 g/mol. The van der Waals surface area contributed by atoms with Crippen molar-refractivity contribution in [2.75, 3.05) is 44.7 Å². The Morgan fingerprint density at radius 3 is 2.64 bits per heavy atom. The lowest BCUT2D eigenvalue weighted by Crippen LogP contribution is -3.09. The van der Waals surface area contributed by atoms with Crippen LogP contribution in [0.1, 0.15) is 5.56 Å². The molecule has 1 unspecified atom stereocenters. The summed E-state index contributed by atoms with van der Waals surface area (Å²) in [6.07, 6.45) is 1.93. The summed E-state index contributed by atoms with van der Waals surface area (Å²) in [5.41, 5.74) is 1.15. The summed E-state index contributed by atoms with van der Waals surface area (Å²) in [7, 11) is 2.05. The molecule has 2 aromatic rings. The molecule has 132 valence electrons. The van der Waals surface area contributed by atoms with Gasteiger partial charge < -0.3 is 9.80 Å². The highest BCUT2D eigenvalue weighted by molar-refractivity contribution is 6.30. The first-order valence-corrected chi connectivity index (χ1v) is 9.05. The van der Waals surface area contributed by atoms with E-state index in [4.69, 9.17) is 11.6 Å². The zero-order valence-corrected chi connectivity index (χ0v) is 15.3. The third kappa shape index (κ3) is 4.94. The third-order valence-electron chi connectivity index (χ3n) is 4.51. The van der Waals surface area contributed by atoms with Gasteiger partial charge >= 0.3 is 0 Å². The van der Waals surface area contributed by atoms with Crippen molar-refractivity contribution in [3.63, 3.8) is 0 Å². The number of hydrogen-bond donors (Lipinski definition) is 1. The van der Waals surface area contributed by atoms with Gasteiger partial charge in [0.15, 0.2) is 6.54 Å². The number of aromatic nitrogens is 1. The number of nitrogens with one attached hydrogen (secondary N) is 2. The molecule has 2 heterocycles. The Morgan fingerprint density at radius 1 is 1.16 bits per heavy atom. The second kappa shape index (κ2) is 8.32. The summed E-state index contributed by atoms with van der Waals surface area (Å²) in [5, 5.41) is 0.741. The van der Waals surface area contributed by atoms with Crippen molar-refractivity contribution in [2.24, 2.45) is 0 Å². The molecular formula is C19H25ClN4O+2. The first-order chi connectivity index (χ1) is 12.1. The molecule has 0 spiro atoms. The zero-order chi connectivity index (χ0) is 17.6. The quantitative estimate of drug-likeness (QED) is 0.844. The summed E-state index contributed by atoms with van der Waals surface area (Å²) in [4.78, 5) is 21.2. The van der Waals surface area contributed by atoms with Gasteiger partial charge in [-0.1, -0.05) is 29.8 Å². The molecule has 1 saturated heterocycles. The van der Waals surface area contributed by atoms with Crippen molar-refractivity contribution in [3.8, 4) is 0 Å². The normalized spacial score (nSPS) is 15.9. The van der Waals surface area contributed by atoms with E-state index in [0.29, 0.717) is 6.54 Å². The summed E-state index contributed by atoms with van der Waals surface area (Å²) in [6.45, 7) is 4.56. The van der Waals surface area contributed by atoms with Crippen LogP contribution in [0.4, 0.5) is 5.82 Å². The van der Waals surface area contributed by atoms with Gasteiger partial charge in [-0.25, -0.2) is 4.98 Å². The number of hydrogen-bond acceptors (Lipinski definition) is 2. The molecule has 3 rings (SSSR count). The van der Waals surface area contributed by atoms with Gasteiger partial charge in [-0.15, -0.1) is 0 Å². The second-order valence-corrected chi connectivity index (χ2v) is 6.99. The number of anilines is 1. The van der Waals surface area contributed by atoms with Gasteiger partial charge in [-0.05, 0) is 18.2 Å². The first-order valence-electron chi connectivity index (χ1n) is 8.67. The van der Waals surface area contributed by atoms with Crippen LogP contribution in [0.15, 0.2) is 48.7 Å². The lowest BCUT2D eigenvalue weighted by atomic mass is 10.2. The number of likely N-dealkylation sites (N-methyl/N-ethyl adjacent to an activating group) is 1. The average Bonchev–Trinajstić information content (AvgIpc) is 2.62. The Morgan fingerprint density at radius 2 is 1.96 bits per heavy atom. The maximum Gasteiger partial charge on any atom is 0.278 e. The van der Waals surface area contributed by atoms with Gasteiger partial charge in [0.1, 0.15) is 19.6 Å². The number of rotatable bonds is 5. The van der Waals surface area contributed by atoms with Crippen molar-refractivity contribution in [2.45, 2.75) is 6.54 Å². The van der Waals surface area contributed by atoms with Gasteiger partial charge in [0.05, 0.1) is 26.3 Å². The molecular weight excluding hydrogens is 336 g/mol. The van der Waals surface area contributed by atoms with Crippen molar-refractivity contribution < 1.29 is 14.7 Å². The van der Waals surface area contributed by atoms with Crippen LogP contribution in [0, 0.1) is 0 Å². The van der Waals surface area contributed by atoms with Crippen LogP contribution >= 0.6 is 11.6 Å². The molecule has 1 aliphatic rings. The van der Waals surface area contributed by atoms with E-state index in [1.807, 2.05) is 48.5 Å². The van der Waals surface area contributed by atoms with E-state index < -0.39 is 0 Å². The van der Waals surface area contributed by atoms with Gasteiger partial charge in [0.25, 0.3) is 11.7 Å². The number of carbonyl (C=O) groups excluding carboxylic acids is 1. The monoisotopic (exact) mass is 360 g/mol. The van der Waals surface area contributed by atoms with Crippen molar-refractivity contribution in [1.29, 1.82) is 0 Å². The standard InChI is InChI=1S/C19H23ClN4O/c1-22(14-16-5-4-6-17(20)13-16)15-19(25)24-11-9-23(10-12-24)18-7-2-3-8-21-18/h2-8,13H,9-12,14-15H2,1H3/p+2. The highest BCUT2D eigenvalue weighted by Gasteiger charge is 2.27. The first kappa shape index (κ1) is 17.7. The van der Waals surface area contributed by atoms with Crippen LogP contribution in [0.2, 0.25) is 5.02 Å². The van der Waals surface area contributed by atoms with E-state index in [0.717, 1.165) is 49.1 Å². The summed E-state index contributed by atoms with van der Waals surface area (Å²) in [6, 6.07) is 13.9. The molecule has 1 aromatic heterocycles. The van der Waals surface area contributed by atoms with Gasteiger partial charge in [0.2, 0.25) is 0 Å². The molecule has 5 nitrogen and oxygen atoms in total. The molecule has 1 aromatic carbocycles. The third-order valence-corrected chi connectivity index (χ3v) is 4.75. The Hall–Kier alpha value is -2.11. The van der Waals surface area contributed by atoms with Crippen LogP contribution in [-0.4, -0.2) is 50.6 Å². The van der Waals surface area contributed by atoms with Gasteiger partial charge in [-0.3, -0.25) is 9.69 Å². The molecule has 1 fully saturated rings. The number of benzene rings is 1. The maximum atomic E-state index is 12.6. The van der Waals surface area contributed by atoms with E-state index in [1.54, 1.807) is 0 Å². The number of nitrogens with zero attached hydrogens (tertiary/aromatic N) is 2. The fourth-order valence-electron chi connectivity index (χ4n) is 3.21. The predicted octanol–water partition coefficient (Wildman–Crippen LogP) is 0.518. The SMILES string of the molecule is C[NH+](CC(=O)N1CCN(c2cccc[nH+]2)CC1)Cc1cccc(Cl)c1. The molecule has 25 heavy (non-hydrogen) atoms. The lowest BCUT2D eigenvalue weighted by molar-refractivity contribution is -0.885. The van der Waals surface area contributed by atoms with Crippen LogP contribution in [0.5, 0.6) is 0 Å². The molecule has 6 heteroatoms. The highest BCUT2D eigenvalue weighted by Crippen LogP contribution is 2.10. The minimum absolute atomic E-state index is 0.219. The van der Waals surface area contributed by atoms with E-state index >= 15 is 0 Å².